The molecule has 1 amide bonds. The van der Waals surface area contributed by atoms with Crippen LogP contribution < -0.4 is 10.2 Å². The van der Waals surface area contributed by atoms with Gasteiger partial charge in [0.05, 0.1) is 10.6 Å². The van der Waals surface area contributed by atoms with Gasteiger partial charge in [0.15, 0.2) is 0 Å². The van der Waals surface area contributed by atoms with Crippen molar-refractivity contribution in [2.24, 2.45) is 0 Å². The molecule has 1 heterocycles. The van der Waals surface area contributed by atoms with Crippen molar-refractivity contribution in [2.45, 2.75) is 12.8 Å². The van der Waals surface area contributed by atoms with Gasteiger partial charge in [0, 0.05) is 24.5 Å². The first-order chi connectivity index (χ1) is 10.2. The van der Waals surface area contributed by atoms with Crippen LogP contribution in [-0.4, -0.2) is 19.0 Å². The number of anilines is 2. The molecule has 1 fully saturated rings. The third-order valence-corrected chi connectivity index (χ3v) is 4.04. The van der Waals surface area contributed by atoms with Gasteiger partial charge in [-0.15, -0.1) is 0 Å². The van der Waals surface area contributed by atoms with Crippen molar-refractivity contribution in [1.82, 2.24) is 0 Å². The van der Waals surface area contributed by atoms with E-state index in [0.29, 0.717) is 10.6 Å². The molecule has 2 aromatic rings. The topological polar surface area (TPSA) is 32.3 Å². The lowest BCUT2D eigenvalue weighted by atomic mass is 10.2. The van der Waals surface area contributed by atoms with Crippen molar-refractivity contribution >= 4 is 28.9 Å². The van der Waals surface area contributed by atoms with E-state index < -0.39 is 0 Å². The van der Waals surface area contributed by atoms with Gasteiger partial charge >= 0.3 is 0 Å². The average molecular weight is 301 g/mol. The maximum atomic E-state index is 12.2. The zero-order chi connectivity index (χ0) is 14.7. The molecule has 3 nitrogen and oxygen atoms in total. The number of benzene rings is 2. The lowest BCUT2D eigenvalue weighted by molar-refractivity contribution is 0.102. The number of hydrogen-bond acceptors (Lipinski definition) is 2. The molecule has 0 radical (unpaired) electrons. The number of rotatable bonds is 3. The van der Waals surface area contributed by atoms with Gasteiger partial charge in [-0.3, -0.25) is 4.79 Å². The fourth-order valence-electron chi connectivity index (χ4n) is 2.57. The summed E-state index contributed by atoms with van der Waals surface area (Å²) in [6.45, 7) is 2.23. The predicted octanol–water partition coefficient (Wildman–Crippen LogP) is 4.19. The molecule has 0 unspecified atom stereocenters. The van der Waals surface area contributed by atoms with Crippen molar-refractivity contribution in [3.8, 4) is 0 Å². The van der Waals surface area contributed by atoms with E-state index in [1.807, 2.05) is 30.3 Å². The molecule has 0 aliphatic carbocycles. The molecular weight excluding hydrogens is 284 g/mol. The molecule has 1 aliphatic rings. The standard InChI is InChI=1S/C17H17ClN2O/c18-16-6-2-1-5-15(16)17(21)19-13-7-9-14(10-8-13)20-11-3-4-12-20/h1-2,5-10H,3-4,11-12H2,(H,19,21). The maximum absolute atomic E-state index is 12.2. The van der Waals surface area contributed by atoms with Crippen LogP contribution in [0.2, 0.25) is 5.02 Å². The lowest BCUT2D eigenvalue weighted by Gasteiger charge is -2.17. The van der Waals surface area contributed by atoms with Gasteiger partial charge in [-0.2, -0.15) is 0 Å². The van der Waals surface area contributed by atoms with Crippen molar-refractivity contribution in [3.63, 3.8) is 0 Å². The summed E-state index contributed by atoms with van der Waals surface area (Å²) in [4.78, 5) is 14.5. The third kappa shape index (κ3) is 3.19. The second-order valence-electron chi connectivity index (χ2n) is 5.17. The predicted molar refractivity (Wildman–Crippen MR) is 87.3 cm³/mol. The van der Waals surface area contributed by atoms with Gasteiger partial charge in [0.1, 0.15) is 0 Å². The average Bonchev–Trinajstić information content (AvgIpc) is 3.02. The number of hydrogen-bond donors (Lipinski definition) is 1. The fraction of sp³-hybridized carbons (Fsp3) is 0.235. The summed E-state index contributed by atoms with van der Waals surface area (Å²) in [6.07, 6.45) is 2.51. The number of carbonyl (C=O) groups excluding carboxylic acids is 1. The monoisotopic (exact) mass is 300 g/mol. The largest absolute Gasteiger partial charge is 0.372 e. The van der Waals surface area contributed by atoms with Crippen LogP contribution in [0.5, 0.6) is 0 Å². The summed E-state index contributed by atoms with van der Waals surface area (Å²) in [5, 5.41) is 3.34. The van der Waals surface area contributed by atoms with E-state index in [9.17, 15) is 4.79 Å². The smallest absolute Gasteiger partial charge is 0.257 e. The summed E-state index contributed by atoms with van der Waals surface area (Å²) in [5.41, 5.74) is 2.48. The van der Waals surface area contributed by atoms with Crippen LogP contribution in [0.15, 0.2) is 48.5 Å². The van der Waals surface area contributed by atoms with E-state index in [2.05, 4.69) is 10.2 Å². The van der Waals surface area contributed by atoms with Crippen LogP contribution in [0, 0.1) is 0 Å². The van der Waals surface area contributed by atoms with Gasteiger partial charge in [0.25, 0.3) is 5.91 Å². The molecule has 2 aromatic carbocycles. The molecule has 0 bridgehead atoms. The Bertz CT molecular complexity index is 633. The first-order valence-electron chi connectivity index (χ1n) is 7.15. The molecule has 3 rings (SSSR count). The molecule has 4 heteroatoms. The van der Waals surface area contributed by atoms with Crippen LogP contribution >= 0.6 is 11.6 Å². The molecule has 21 heavy (non-hydrogen) atoms. The fourth-order valence-corrected chi connectivity index (χ4v) is 2.80. The van der Waals surface area contributed by atoms with E-state index in [4.69, 9.17) is 11.6 Å². The van der Waals surface area contributed by atoms with Crippen LogP contribution in [0.4, 0.5) is 11.4 Å². The lowest BCUT2D eigenvalue weighted by Crippen LogP contribution is -2.17. The summed E-state index contributed by atoms with van der Waals surface area (Å²) >= 11 is 6.03. The highest BCUT2D eigenvalue weighted by molar-refractivity contribution is 6.34. The highest BCUT2D eigenvalue weighted by Gasteiger charge is 2.13. The number of halogens is 1. The minimum Gasteiger partial charge on any atom is -0.372 e. The van der Waals surface area contributed by atoms with Crippen molar-refractivity contribution in [1.29, 1.82) is 0 Å². The molecule has 1 saturated heterocycles. The second kappa shape index (κ2) is 6.19. The van der Waals surface area contributed by atoms with E-state index >= 15 is 0 Å². The SMILES string of the molecule is O=C(Nc1ccc(N2CCCC2)cc1)c1ccccc1Cl. The molecule has 1 aliphatic heterocycles. The quantitative estimate of drug-likeness (QED) is 0.921. The van der Waals surface area contributed by atoms with Crippen molar-refractivity contribution in [2.75, 3.05) is 23.3 Å². The summed E-state index contributed by atoms with van der Waals surface area (Å²) in [6, 6.07) is 15.0. The number of carbonyl (C=O) groups is 1. The Balaban J connectivity index is 1.70. The van der Waals surface area contributed by atoms with Crippen LogP contribution in [-0.2, 0) is 0 Å². The summed E-state index contributed by atoms with van der Waals surface area (Å²) < 4.78 is 0. The molecule has 0 atom stereocenters. The van der Waals surface area contributed by atoms with E-state index in [0.717, 1.165) is 18.8 Å². The summed E-state index contributed by atoms with van der Waals surface area (Å²) in [7, 11) is 0. The molecular formula is C17H17ClN2O. The normalized spacial score (nSPS) is 14.2. The van der Waals surface area contributed by atoms with Crippen molar-refractivity contribution in [3.05, 3.63) is 59.1 Å². The van der Waals surface area contributed by atoms with Gasteiger partial charge < -0.3 is 10.2 Å². The Morgan fingerprint density at radius 3 is 2.33 bits per heavy atom. The Hall–Kier alpha value is -2.00. The maximum Gasteiger partial charge on any atom is 0.257 e. The van der Waals surface area contributed by atoms with Crippen molar-refractivity contribution < 1.29 is 4.79 Å². The number of nitrogens with zero attached hydrogens (tertiary/aromatic N) is 1. The van der Waals surface area contributed by atoms with E-state index in [-0.39, 0.29) is 5.91 Å². The van der Waals surface area contributed by atoms with E-state index in [1.54, 1.807) is 18.2 Å². The van der Waals surface area contributed by atoms with Gasteiger partial charge in [-0.05, 0) is 49.2 Å². The zero-order valence-electron chi connectivity index (χ0n) is 11.7. The molecule has 108 valence electrons. The van der Waals surface area contributed by atoms with E-state index in [1.165, 1.54) is 18.5 Å². The zero-order valence-corrected chi connectivity index (χ0v) is 12.4. The minimum atomic E-state index is -0.186. The highest BCUT2D eigenvalue weighted by atomic mass is 35.5. The van der Waals surface area contributed by atoms with Gasteiger partial charge in [-0.25, -0.2) is 0 Å². The second-order valence-corrected chi connectivity index (χ2v) is 5.58. The first-order valence-corrected chi connectivity index (χ1v) is 7.53. The minimum absolute atomic E-state index is 0.186. The number of amides is 1. The highest BCUT2D eigenvalue weighted by Crippen LogP contribution is 2.23. The van der Waals surface area contributed by atoms with Crippen LogP contribution in [0.1, 0.15) is 23.2 Å². The third-order valence-electron chi connectivity index (χ3n) is 3.71. The van der Waals surface area contributed by atoms with Crippen LogP contribution in [0.3, 0.4) is 0 Å². The Labute approximate surface area is 129 Å². The van der Waals surface area contributed by atoms with Gasteiger partial charge in [-0.1, -0.05) is 23.7 Å². The summed E-state index contributed by atoms with van der Waals surface area (Å²) in [5.74, 6) is -0.186. The number of nitrogens with one attached hydrogen (secondary N) is 1. The van der Waals surface area contributed by atoms with Gasteiger partial charge in [0.2, 0.25) is 0 Å². The molecule has 0 spiro atoms. The molecule has 0 saturated carbocycles. The Morgan fingerprint density at radius 2 is 1.67 bits per heavy atom. The molecule has 0 aromatic heterocycles. The Kier molecular flexibility index (Phi) is 4.11. The molecule has 1 N–H and O–H groups in total. The Morgan fingerprint density at radius 1 is 1.00 bits per heavy atom. The first kappa shape index (κ1) is 14.0. The van der Waals surface area contributed by atoms with Crippen LogP contribution in [0.25, 0.3) is 0 Å².